The third-order valence-electron chi connectivity index (χ3n) is 11.4. The summed E-state index contributed by atoms with van der Waals surface area (Å²) in [5.74, 6) is 0. The summed E-state index contributed by atoms with van der Waals surface area (Å²) in [5, 5.41) is 1.32. The summed E-state index contributed by atoms with van der Waals surface area (Å²) in [5.41, 5.74) is 17.5. The highest BCUT2D eigenvalue weighted by molar-refractivity contribution is 5.94. The van der Waals surface area contributed by atoms with Gasteiger partial charge < -0.3 is 9.47 Å². The van der Waals surface area contributed by atoms with E-state index in [9.17, 15) is 0 Å². The molecule has 0 N–H and O–H groups in total. The first-order chi connectivity index (χ1) is 27.8. The number of para-hydroxylation sites is 2. The van der Waals surface area contributed by atoms with Crippen LogP contribution >= 0.6 is 0 Å². The molecule has 8 aromatic rings. The van der Waals surface area contributed by atoms with Crippen LogP contribution < -0.4 is 4.90 Å². The molecule has 2 nitrogen and oxygen atoms in total. The van der Waals surface area contributed by atoms with E-state index in [2.05, 4.69) is 222 Å². The van der Waals surface area contributed by atoms with Crippen molar-refractivity contribution in [2.45, 2.75) is 25.3 Å². The Balaban J connectivity index is 1.01. The highest BCUT2D eigenvalue weighted by Gasteiger charge is 2.24. The summed E-state index contributed by atoms with van der Waals surface area (Å²) in [6.07, 6.45) is 14.8. The Morgan fingerprint density at radius 3 is 1.71 bits per heavy atom. The normalized spacial score (nSPS) is 14.7. The molecule has 1 aromatic heterocycles. The molecule has 7 aromatic carbocycles. The Hall–Kier alpha value is -6.90. The Bertz CT molecular complexity index is 2750. The van der Waals surface area contributed by atoms with E-state index in [0.717, 1.165) is 19.3 Å². The molecule has 10 rings (SSSR count). The number of hydrogen-bond acceptors (Lipinski definition) is 1. The van der Waals surface area contributed by atoms with Crippen molar-refractivity contribution in [2.24, 2.45) is 0 Å². The van der Waals surface area contributed by atoms with Crippen LogP contribution in [0.1, 0.15) is 29.7 Å². The van der Waals surface area contributed by atoms with E-state index in [1.807, 2.05) is 0 Å². The number of benzene rings is 7. The summed E-state index contributed by atoms with van der Waals surface area (Å²) >= 11 is 0. The first-order valence-electron chi connectivity index (χ1n) is 19.8. The molecule has 0 saturated heterocycles. The van der Waals surface area contributed by atoms with Gasteiger partial charge >= 0.3 is 0 Å². The van der Waals surface area contributed by atoms with Crippen LogP contribution in [0, 0.1) is 0 Å². The Kier molecular flexibility index (Phi) is 8.85. The minimum Gasteiger partial charge on any atom is -0.334 e. The number of rotatable bonds is 8. The zero-order valence-corrected chi connectivity index (χ0v) is 31.3. The summed E-state index contributed by atoms with van der Waals surface area (Å²) in [4.78, 5) is 2.50. The quantitative estimate of drug-likeness (QED) is 0.152. The second-order valence-electron chi connectivity index (χ2n) is 14.7. The van der Waals surface area contributed by atoms with Crippen LogP contribution in [-0.4, -0.2) is 10.6 Å². The monoisotopic (exact) mass is 718 g/mol. The number of anilines is 2. The number of nitrogens with zero attached hydrogens (tertiary/aromatic N) is 2. The highest BCUT2D eigenvalue weighted by Crippen LogP contribution is 2.40. The lowest BCUT2D eigenvalue weighted by Crippen LogP contribution is -2.30. The minimum absolute atomic E-state index is 0.140. The lowest BCUT2D eigenvalue weighted by atomic mass is 9.93. The largest absolute Gasteiger partial charge is 0.334 e. The maximum absolute atomic E-state index is 2.52. The fourth-order valence-electron chi connectivity index (χ4n) is 8.74. The van der Waals surface area contributed by atoms with Gasteiger partial charge in [0.05, 0.1) is 17.2 Å². The third-order valence-corrected chi connectivity index (χ3v) is 11.4. The van der Waals surface area contributed by atoms with Crippen molar-refractivity contribution in [2.75, 3.05) is 4.90 Å². The Labute approximate surface area is 329 Å². The van der Waals surface area contributed by atoms with Crippen LogP contribution in [0.25, 0.3) is 61.6 Å². The van der Waals surface area contributed by atoms with Gasteiger partial charge in [0.2, 0.25) is 0 Å². The van der Waals surface area contributed by atoms with Crippen LogP contribution in [0.2, 0.25) is 0 Å². The van der Waals surface area contributed by atoms with E-state index in [1.165, 1.54) is 83.7 Å². The maximum Gasteiger partial charge on any atom is 0.0560 e. The molecule has 0 amide bonds. The first kappa shape index (κ1) is 33.7. The summed E-state index contributed by atoms with van der Waals surface area (Å²) in [6, 6.07) is 66.2. The van der Waals surface area contributed by atoms with Gasteiger partial charge in [-0.25, -0.2) is 0 Å². The molecule has 0 bridgehead atoms. The van der Waals surface area contributed by atoms with E-state index in [-0.39, 0.29) is 6.04 Å². The van der Waals surface area contributed by atoms with Gasteiger partial charge in [-0.1, -0.05) is 176 Å². The molecule has 2 aliphatic carbocycles. The van der Waals surface area contributed by atoms with Crippen LogP contribution in [0.5, 0.6) is 0 Å². The molecule has 0 spiro atoms. The van der Waals surface area contributed by atoms with Gasteiger partial charge in [-0.3, -0.25) is 0 Å². The molecular formula is C54H42N2. The number of allylic oxidation sites excluding steroid dienone is 3. The van der Waals surface area contributed by atoms with E-state index < -0.39 is 0 Å². The average Bonchev–Trinajstić information content (AvgIpc) is 3.62. The standard InChI is InChI=1S/C54H42N2/c1-3-15-39(16-4-1)40-27-33-44(34-28-40)55(45-35-29-42(30-36-45)48-20-8-7-19-47(48)41-17-5-2-6-18-41)46-37-31-43(32-38-46)49-21-9-12-24-52(49)56-53-25-13-10-22-50(53)51-23-11-14-26-54(51)56/h1-13,15-25,27-37,46H,14,26,38H2. The molecule has 268 valence electrons. The van der Waals surface area contributed by atoms with Crippen molar-refractivity contribution < 1.29 is 0 Å². The van der Waals surface area contributed by atoms with Crippen LogP contribution in [0.15, 0.2) is 206 Å². The zero-order chi connectivity index (χ0) is 37.3. The van der Waals surface area contributed by atoms with Gasteiger partial charge in [0.25, 0.3) is 0 Å². The Morgan fingerprint density at radius 1 is 0.482 bits per heavy atom. The molecule has 1 atom stereocenters. The Morgan fingerprint density at radius 2 is 1.04 bits per heavy atom. The van der Waals surface area contributed by atoms with Gasteiger partial charge in [-0.05, 0) is 94.6 Å². The lowest BCUT2D eigenvalue weighted by molar-refractivity contribution is 0.787. The molecule has 0 saturated carbocycles. The third kappa shape index (κ3) is 6.20. The molecule has 1 heterocycles. The topological polar surface area (TPSA) is 8.17 Å². The predicted molar refractivity (Wildman–Crippen MR) is 237 cm³/mol. The molecule has 0 aliphatic heterocycles. The zero-order valence-electron chi connectivity index (χ0n) is 31.3. The van der Waals surface area contributed by atoms with Crippen molar-refractivity contribution in [1.82, 2.24) is 4.57 Å². The van der Waals surface area contributed by atoms with Crippen molar-refractivity contribution in [3.8, 4) is 39.1 Å². The molecular weight excluding hydrogens is 677 g/mol. The van der Waals surface area contributed by atoms with Crippen LogP contribution in [0.4, 0.5) is 11.4 Å². The fourth-order valence-corrected chi connectivity index (χ4v) is 8.74. The smallest absolute Gasteiger partial charge is 0.0560 e. The van der Waals surface area contributed by atoms with E-state index in [0.29, 0.717) is 0 Å². The predicted octanol–water partition coefficient (Wildman–Crippen LogP) is 14.1. The summed E-state index contributed by atoms with van der Waals surface area (Å²) < 4.78 is 2.52. The number of aromatic nitrogens is 1. The van der Waals surface area contributed by atoms with Crippen LogP contribution in [0.3, 0.4) is 0 Å². The van der Waals surface area contributed by atoms with Crippen molar-refractivity contribution in [3.05, 3.63) is 223 Å². The molecule has 1 unspecified atom stereocenters. The van der Waals surface area contributed by atoms with E-state index in [4.69, 9.17) is 0 Å². The summed E-state index contributed by atoms with van der Waals surface area (Å²) in [6.45, 7) is 0. The fraction of sp³-hybridized carbons (Fsp3) is 0.0741. The van der Waals surface area contributed by atoms with E-state index in [1.54, 1.807) is 0 Å². The van der Waals surface area contributed by atoms with Crippen molar-refractivity contribution in [3.63, 3.8) is 0 Å². The molecule has 2 heteroatoms. The minimum atomic E-state index is 0.140. The maximum atomic E-state index is 2.52. The molecule has 0 fully saturated rings. The van der Waals surface area contributed by atoms with Gasteiger partial charge in [-0.2, -0.15) is 0 Å². The second-order valence-corrected chi connectivity index (χ2v) is 14.7. The first-order valence-corrected chi connectivity index (χ1v) is 19.8. The van der Waals surface area contributed by atoms with Crippen LogP contribution in [-0.2, 0) is 6.42 Å². The second kappa shape index (κ2) is 14.7. The summed E-state index contributed by atoms with van der Waals surface area (Å²) in [7, 11) is 0. The average molecular weight is 719 g/mol. The van der Waals surface area contributed by atoms with Gasteiger partial charge in [-0.15, -0.1) is 0 Å². The van der Waals surface area contributed by atoms with Crippen molar-refractivity contribution >= 4 is 33.9 Å². The molecule has 56 heavy (non-hydrogen) atoms. The SMILES string of the molecule is C1=Cc2c(n(-c3ccccc3C3=CCC(N(c4ccc(-c5ccccc5)cc4)c4ccc(-c5ccccc5-c5ccccc5)cc4)C=C3)c3ccccc23)CC1. The van der Waals surface area contributed by atoms with E-state index >= 15 is 0 Å². The molecule has 2 aliphatic rings. The lowest BCUT2D eigenvalue weighted by Gasteiger charge is -2.33. The highest BCUT2D eigenvalue weighted by atomic mass is 15.2. The van der Waals surface area contributed by atoms with Crippen molar-refractivity contribution in [1.29, 1.82) is 0 Å². The molecule has 0 radical (unpaired) electrons. The van der Waals surface area contributed by atoms with Gasteiger partial charge in [0.15, 0.2) is 0 Å². The van der Waals surface area contributed by atoms with Gasteiger partial charge in [0, 0.05) is 33.6 Å². The van der Waals surface area contributed by atoms with Gasteiger partial charge in [0.1, 0.15) is 0 Å². The number of fused-ring (bicyclic) bond motifs is 3. The number of hydrogen-bond donors (Lipinski definition) is 0.